The molecule has 5 nitrogen and oxygen atoms in total. The Labute approximate surface area is 135 Å². The second-order valence-corrected chi connectivity index (χ2v) is 5.00. The smallest absolute Gasteiger partial charge is 0.337 e. The summed E-state index contributed by atoms with van der Waals surface area (Å²) in [7, 11) is 3.08. The monoisotopic (exact) mass is 310 g/mol. The predicted octanol–water partition coefficient (Wildman–Crippen LogP) is 2.54. The fourth-order valence-electron chi connectivity index (χ4n) is 1.99. The van der Waals surface area contributed by atoms with Gasteiger partial charge in [-0.25, -0.2) is 4.79 Å². The molecule has 23 heavy (non-hydrogen) atoms. The molecular weight excluding hydrogens is 292 g/mol. The maximum atomic E-state index is 12.1. The number of methoxy groups -OCH3 is 1. The van der Waals surface area contributed by atoms with Gasteiger partial charge in [0.05, 0.1) is 12.7 Å². The first-order valence-corrected chi connectivity index (χ1v) is 7.10. The van der Waals surface area contributed by atoms with E-state index in [4.69, 9.17) is 0 Å². The molecule has 0 unspecified atom stereocenters. The average Bonchev–Trinajstić information content (AvgIpc) is 2.60. The van der Waals surface area contributed by atoms with Crippen LogP contribution >= 0.6 is 0 Å². The third-order valence-electron chi connectivity index (χ3n) is 3.27. The van der Waals surface area contributed by atoms with E-state index in [0.717, 1.165) is 11.1 Å². The number of amides is 1. The molecule has 5 heteroatoms. The van der Waals surface area contributed by atoms with Crippen LogP contribution in [-0.2, 0) is 16.1 Å². The number of benzene rings is 1. The topological polar surface area (TPSA) is 59.5 Å². The summed E-state index contributed by atoms with van der Waals surface area (Å²) in [6.07, 6.45) is 6.65. The minimum absolute atomic E-state index is 0.106. The van der Waals surface area contributed by atoms with Gasteiger partial charge in [0.2, 0.25) is 5.91 Å². The highest BCUT2D eigenvalue weighted by atomic mass is 16.5. The minimum Gasteiger partial charge on any atom is -0.465 e. The zero-order chi connectivity index (χ0) is 16.7. The molecule has 0 radical (unpaired) electrons. The molecule has 1 aromatic heterocycles. The van der Waals surface area contributed by atoms with Crippen molar-refractivity contribution in [3.05, 3.63) is 71.6 Å². The highest BCUT2D eigenvalue weighted by Gasteiger charge is 2.06. The summed E-state index contributed by atoms with van der Waals surface area (Å²) in [6, 6.07) is 10.6. The number of esters is 1. The Morgan fingerprint density at radius 2 is 1.96 bits per heavy atom. The molecule has 0 spiro atoms. The number of pyridine rings is 1. The van der Waals surface area contributed by atoms with Crippen molar-refractivity contribution in [2.24, 2.45) is 0 Å². The molecule has 0 saturated heterocycles. The van der Waals surface area contributed by atoms with Crippen LogP contribution in [0.25, 0.3) is 6.08 Å². The molecule has 1 heterocycles. The molecule has 0 fully saturated rings. The Morgan fingerprint density at radius 1 is 1.22 bits per heavy atom. The van der Waals surface area contributed by atoms with E-state index < -0.39 is 0 Å². The molecular formula is C18H18N2O3. The van der Waals surface area contributed by atoms with Gasteiger partial charge in [-0.1, -0.05) is 18.2 Å². The SMILES string of the molecule is COC(=O)c1ccc(/C=C/C(=O)N(C)Cc2cccnc2)cc1. The summed E-state index contributed by atoms with van der Waals surface area (Å²) in [5, 5.41) is 0. The maximum absolute atomic E-state index is 12.1. The molecule has 0 aliphatic heterocycles. The van der Waals surface area contributed by atoms with Gasteiger partial charge in [0.15, 0.2) is 0 Å². The van der Waals surface area contributed by atoms with Gasteiger partial charge in [0.25, 0.3) is 0 Å². The van der Waals surface area contributed by atoms with E-state index in [9.17, 15) is 9.59 Å². The first kappa shape index (κ1) is 16.4. The van der Waals surface area contributed by atoms with Crippen molar-refractivity contribution in [3.8, 4) is 0 Å². The number of likely N-dealkylation sites (N-methyl/N-ethyl adjacent to an activating group) is 1. The van der Waals surface area contributed by atoms with Gasteiger partial charge in [0.1, 0.15) is 0 Å². The Bertz CT molecular complexity index is 694. The summed E-state index contributed by atoms with van der Waals surface area (Å²) in [5.41, 5.74) is 2.28. The molecule has 0 bridgehead atoms. The number of carbonyl (C=O) groups is 2. The summed E-state index contributed by atoms with van der Waals surface area (Å²) >= 11 is 0. The number of hydrogen-bond acceptors (Lipinski definition) is 4. The van der Waals surface area contributed by atoms with Gasteiger partial charge >= 0.3 is 5.97 Å². The lowest BCUT2D eigenvalue weighted by atomic mass is 10.1. The molecule has 0 aliphatic carbocycles. The van der Waals surface area contributed by atoms with Crippen molar-refractivity contribution in [2.45, 2.75) is 6.54 Å². The van der Waals surface area contributed by atoms with Crippen molar-refractivity contribution in [2.75, 3.05) is 14.2 Å². The molecule has 1 amide bonds. The van der Waals surface area contributed by atoms with Crippen LogP contribution in [0.3, 0.4) is 0 Å². The molecule has 2 aromatic rings. The van der Waals surface area contributed by atoms with Crippen LogP contribution in [0.2, 0.25) is 0 Å². The van der Waals surface area contributed by atoms with Gasteiger partial charge < -0.3 is 9.64 Å². The number of rotatable bonds is 5. The van der Waals surface area contributed by atoms with Gasteiger partial charge in [-0.2, -0.15) is 0 Å². The third-order valence-corrected chi connectivity index (χ3v) is 3.27. The normalized spacial score (nSPS) is 10.5. The molecule has 2 rings (SSSR count). The van der Waals surface area contributed by atoms with E-state index in [1.807, 2.05) is 12.1 Å². The zero-order valence-electron chi connectivity index (χ0n) is 13.1. The van der Waals surface area contributed by atoms with Crippen LogP contribution in [0.15, 0.2) is 54.9 Å². The van der Waals surface area contributed by atoms with E-state index in [1.165, 1.54) is 13.2 Å². The van der Waals surface area contributed by atoms with Crippen LogP contribution in [-0.4, -0.2) is 35.9 Å². The third kappa shape index (κ3) is 4.78. The number of aromatic nitrogens is 1. The quantitative estimate of drug-likeness (QED) is 0.629. The predicted molar refractivity (Wildman–Crippen MR) is 87.5 cm³/mol. The van der Waals surface area contributed by atoms with Gasteiger partial charge in [-0.3, -0.25) is 9.78 Å². The lowest BCUT2D eigenvalue weighted by Crippen LogP contribution is -2.24. The van der Waals surface area contributed by atoms with Crippen LogP contribution in [0.1, 0.15) is 21.5 Å². The maximum Gasteiger partial charge on any atom is 0.337 e. The summed E-state index contributed by atoms with van der Waals surface area (Å²) in [5.74, 6) is -0.487. The number of nitrogens with zero attached hydrogens (tertiary/aromatic N) is 2. The number of hydrogen-bond donors (Lipinski definition) is 0. The molecule has 1 aromatic carbocycles. The lowest BCUT2D eigenvalue weighted by Gasteiger charge is -2.14. The van der Waals surface area contributed by atoms with Gasteiger partial charge in [-0.15, -0.1) is 0 Å². The molecule has 0 saturated carbocycles. The second kappa shape index (κ2) is 7.89. The molecule has 0 N–H and O–H groups in total. The van der Waals surface area contributed by atoms with Crippen LogP contribution < -0.4 is 0 Å². The van der Waals surface area contributed by atoms with Crippen molar-refractivity contribution >= 4 is 18.0 Å². The first-order chi connectivity index (χ1) is 11.1. The molecule has 118 valence electrons. The van der Waals surface area contributed by atoms with E-state index in [-0.39, 0.29) is 11.9 Å². The van der Waals surface area contributed by atoms with E-state index in [1.54, 1.807) is 54.7 Å². The summed E-state index contributed by atoms with van der Waals surface area (Å²) < 4.78 is 4.64. The van der Waals surface area contributed by atoms with Crippen LogP contribution in [0, 0.1) is 0 Å². The number of carbonyl (C=O) groups excluding carboxylic acids is 2. The summed E-state index contributed by atoms with van der Waals surface area (Å²) in [4.78, 5) is 29.1. The average molecular weight is 310 g/mol. The van der Waals surface area contributed by atoms with Crippen molar-refractivity contribution < 1.29 is 14.3 Å². The Hall–Kier alpha value is -2.95. The Kier molecular flexibility index (Phi) is 5.63. The Balaban J connectivity index is 1.96. The Morgan fingerprint density at radius 3 is 2.57 bits per heavy atom. The number of ether oxygens (including phenoxy) is 1. The molecule has 0 aliphatic rings. The highest BCUT2D eigenvalue weighted by Crippen LogP contribution is 2.08. The van der Waals surface area contributed by atoms with E-state index >= 15 is 0 Å². The first-order valence-electron chi connectivity index (χ1n) is 7.10. The van der Waals surface area contributed by atoms with Crippen molar-refractivity contribution in [1.82, 2.24) is 9.88 Å². The van der Waals surface area contributed by atoms with Gasteiger partial charge in [-0.05, 0) is 35.4 Å². The van der Waals surface area contributed by atoms with Crippen molar-refractivity contribution in [1.29, 1.82) is 0 Å². The van der Waals surface area contributed by atoms with Gasteiger partial charge in [0, 0.05) is 32.1 Å². The lowest BCUT2D eigenvalue weighted by molar-refractivity contribution is -0.125. The molecule has 0 atom stereocenters. The van der Waals surface area contributed by atoms with E-state index in [2.05, 4.69) is 9.72 Å². The zero-order valence-corrected chi connectivity index (χ0v) is 13.1. The standard InChI is InChI=1S/C18H18N2O3/c1-20(13-15-4-3-11-19-12-15)17(21)10-7-14-5-8-16(9-6-14)18(22)23-2/h3-12H,13H2,1-2H3/b10-7+. The van der Waals surface area contributed by atoms with Crippen LogP contribution in [0.5, 0.6) is 0 Å². The van der Waals surface area contributed by atoms with E-state index in [0.29, 0.717) is 12.1 Å². The summed E-state index contributed by atoms with van der Waals surface area (Å²) in [6.45, 7) is 0.498. The largest absolute Gasteiger partial charge is 0.465 e. The van der Waals surface area contributed by atoms with Crippen LogP contribution in [0.4, 0.5) is 0 Å². The minimum atomic E-state index is -0.382. The fourth-order valence-corrected chi connectivity index (χ4v) is 1.99. The highest BCUT2D eigenvalue weighted by molar-refractivity contribution is 5.92. The fraction of sp³-hybridized carbons (Fsp3) is 0.167. The second-order valence-electron chi connectivity index (χ2n) is 5.00. The van der Waals surface area contributed by atoms with Crippen molar-refractivity contribution in [3.63, 3.8) is 0 Å².